The van der Waals surface area contributed by atoms with Gasteiger partial charge in [0.2, 0.25) is 0 Å². The fraction of sp³-hybridized carbons (Fsp3) is 0.800. The van der Waals surface area contributed by atoms with Crippen molar-refractivity contribution in [1.29, 1.82) is 5.41 Å². The molecule has 0 bridgehead atoms. The molecular weight excluding hydrogens is 242 g/mol. The van der Waals surface area contributed by atoms with Crippen LogP contribution in [-0.2, 0) is 14.3 Å². The molecule has 106 valence electrons. The second kappa shape index (κ2) is 6.31. The molecule has 1 atom stereocenters. The summed E-state index contributed by atoms with van der Waals surface area (Å²) in [5.41, 5.74) is 0.631. The molecule has 0 spiro atoms. The van der Waals surface area contributed by atoms with E-state index in [0.29, 0.717) is 5.71 Å². The topological polar surface area (TPSA) is 67.2 Å². The van der Waals surface area contributed by atoms with Crippen molar-refractivity contribution in [2.45, 2.75) is 51.4 Å². The molecule has 4 heteroatoms. The van der Waals surface area contributed by atoms with Crippen LogP contribution in [0.5, 0.6) is 0 Å². The first kappa shape index (κ1) is 14.2. The molecule has 0 saturated heterocycles. The minimum atomic E-state index is -0.142. The standard InChI is InChI=1S/C15H23NO3/c1-19-15(18)11-8-6-10(7-9-11)14(17)12-4-2-3-5-13(12)16/h10-12,16H,2-9H2,1H3/t10-,11-,12?. The molecule has 0 aromatic rings. The lowest BCUT2D eigenvalue weighted by atomic mass is 9.73. The zero-order valence-corrected chi connectivity index (χ0v) is 11.6. The number of rotatable bonds is 3. The molecule has 2 saturated carbocycles. The molecule has 0 aromatic heterocycles. The first-order chi connectivity index (χ1) is 9.13. The van der Waals surface area contributed by atoms with Crippen molar-refractivity contribution >= 4 is 17.5 Å². The summed E-state index contributed by atoms with van der Waals surface area (Å²) in [5.74, 6) is 0.0157. The van der Waals surface area contributed by atoms with Crippen molar-refractivity contribution in [3.05, 3.63) is 0 Å². The zero-order chi connectivity index (χ0) is 13.8. The normalized spacial score (nSPS) is 31.8. The molecule has 0 amide bonds. The van der Waals surface area contributed by atoms with Gasteiger partial charge in [-0.2, -0.15) is 0 Å². The van der Waals surface area contributed by atoms with Crippen LogP contribution in [-0.4, -0.2) is 24.6 Å². The summed E-state index contributed by atoms with van der Waals surface area (Å²) in [7, 11) is 1.42. The van der Waals surface area contributed by atoms with Crippen LogP contribution in [0.4, 0.5) is 0 Å². The van der Waals surface area contributed by atoms with Crippen molar-refractivity contribution in [1.82, 2.24) is 0 Å². The Morgan fingerprint density at radius 2 is 1.68 bits per heavy atom. The van der Waals surface area contributed by atoms with Gasteiger partial charge in [0.05, 0.1) is 18.9 Å². The predicted octanol–water partition coefficient (Wildman–Crippen LogP) is 2.74. The highest BCUT2D eigenvalue weighted by atomic mass is 16.5. The van der Waals surface area contributed by atoms with Gasteiger partial charge in [-0.3, -0.25) is 9.59 Å². The molecule has 0 radical (unpaired) electrons. The molecule has 1 N–H and O–H groups in total. The predicted molar refractivity (Wildman–Crippen MR) is 72.2 cm³/mol. The third-order valence-corrected chi connectivity index (χ3v) is 4.62. The molecule has 2 rings (SSSR count). The second-order valence-electron chi connectivity index (χ2n) is 5.80. The largest absolute Gasteiger partial charge is 0.469 e. The molecular formula is C15H23NO3. The van der Waals surface area contributed by atoms with E-state index in [4.69, 9.17) is 10.1 Å². The van der Waals surface area contributed by atoms with E-state index in [1.807, 2.05) is 0 Å². The summed E-state index contributed by atoms with van der Waals surface area (Å²) < 4.78 is 4.76. The summed E-state index contributed by atoms with van der Waals surface area (Å²) in [6.07, 6.45) is 6.83. The number of esters is 1. The lowest BCUT2D eigenvalue weighted by molar-refractivity contribution is -0.147. The van der Waals surface area contributed by atoms with Gasteiger partial charge in [0, 0.05) is 11.6 Å². The summed E-state index contributed by atoms with van der Waals surface area (Å²) in [6.45, 7) is 0. The van der Waals surface area contributed by atoms with E-state index in [9.17, 15) is 9.59 Å². The maximum Gasteiger partial charge on any atom is 0.308 e. The molecule has 1 unspecified atom stereocenters. The molecule has 0 aliphatic heterocycles. The molecule has 4 nitrogen and oxygen atoms in total. The average molecular weight is 265 g/mol. The number of carbonyl (C=O) groups is 2. The van der Waals surface area contributed by atoms with E-state index >= 15 is 0 Å². The van der Waals surface area contributed by atoms with Crippen molar-refractivity contribution < 1.29 is 14.3 Å². The third-order valence-electron chi connectivity index (χ3n) is 4.62. The Morgan fingerprint density at radius 1 is 1.05 bits per heavy atom. The Hall–Kier alpha value is -1.19. The Balaban J connectivity index is 1.88. The number of ketones is 1. The average Bonchev–Trinajstić information content (AvgIpc) is 2.46. The van der Waals surface area contributed by atoms with Crippen LogP contribution in [0.15, 0.2) is 0 Å². The van der Waals surface area contributed by atoms with Crippen LogP contribution in [0.2, 0.25) is 0 Å². The van der Waals surface area contributed by atoms with Gasteiger partial charge in [-0.25, -0.2) is 0 Å². The molecule has 0 heterocycles. The van der Waals surface area contributed by atoms with Gasteiger partial charge in [0.1, 0.15) is 5.78 Å². The molecule has 2 aliphatic carbocycles. The first-order valence-electron chi connectivity index (χ1n) is 7.32. The SMILES string of the molecule is COC(=O)[C@H]1CC[C@H](C(=O)C2CCCCC2=N)CC1. The lowest BCUT2D eigenvalue weighted by Gasteiger charge is -2.30. The minimum absolute atomic E-state index is 0.0279. The number of ether oxygens (including phenoxy) is 1. The Morgan fingerprint density at radius 3 is 2.26 bits per heavy atom. The number of carbonyl (C=O) groups excluding carboxylic acids is 2. The van der Waals surface area contributed by atoms with Crippen molar-refractivity contribution in [2.75, 3.05) is 7.11 Å². The molecule has 0 aromatic carbocycles. The number of nitrogens with one attached hydrogen (secondary N) is 1. The monoisotopic (exact) mass is 265 g/mol. The van der Waals surface area contributed by atoms with Crippen molar-refractivity contribution in [2.24, 2.45) is 17.8 Å². The zero-order valence-electron chi connectivity index (χ0n) is 11.6. The van der Waals surface area contributed by atoms with Crippen molar-refractivity contribution in [3.63, 3.8) is 0 Å². The maximum atomic E-state index is 12.5. The molecule has 2 fully saturated rings. The highest BCUT2D eigenvalue weighted by molar-refractivity contribution is 6.05. The van der Waals surface area contributed by atoms with E-state index in [2.05, 4.69) is 0 Å². The smallest absolute Gasteiger partial charge is 0.308 e. The van der Waals surface area contributed by atoms with E-state index < -0.39 is 0 Å². The van der Waals surface area contributed by atoms with Gasteiger partial charge in [0.15, 0.2) is 0 Å². The third kappa shape index (κ3) is 3.23. The highest BCUT2D eigenvalue weighted by Crippen LogP contribution is 2.34. The van der Waals surface area contributed by atoms with Gasteiger partial charge >= 0.3 is 5.97 Å². The fourth-order valence-electron chi connectivity index (χ4n) is 3.39. The lowest BCUT2D eigenvalue weighted by Crippen LogP contribution is -2.34. The van der Waals surface area contributed by atoms with E-state index in [1.54, 1.807) is 0 Å². The van der Waals surface area contributed by atoms with E-state index in [-0.39, 0.29) is 29.5 Å². The van der Waals surface area contributed by atoms with E-state index in [0.717, 1.165) is 51.4 Å². The summed E-state index contributed by atoms with van der Waals surface area (Å²) in [5, 5.41) is 7.94. The molecule has 19 heavy (non-hydrogen) atoms. The van der Waals surface area contributed by atoms with Crippen molar-refractivity contribution in [3.8, 4) is 0 Å². The number of hydrogen-bond donors (Lipinski definition) is 1. The minimum Gasteiger partial charge on any atom is -0.469 e. The Kier molecular flexibility index (Phi) is 4.72. The fourth-order valence-corrected chi connectivity index (χ4v) is 3.39. The van der Waals surface area contributed by atoms with Crippen LogP contribution >= 0.6 is 0 Å². The quantitative estimate of drug-likeness (QED) is 0.798. The van der Waals surface area contributed by atoms with Crippen LogP contribution in [0.25, 0.3) is 0 Å². The van der Waals surface area contributed by atoms with E-state index in [1.165, 1.54) is 7.11 Å². The molecule has 2 aliphatic rings. The van der Waals surface area contributed by atoms with Crippen LogP contribution < -0.4 is 0 Å². The van der Waals surface area contributed by atoms with Gasteiger partial charge in [-0.1, -0.05) is 6.42 Å². The van der Waals surface area contributed by atoms with Gasteiger partial charge in [0.25, 0.3) is 0 Å². The van der Waals surface area contributed by atoms with Gasteiger partial charge in [-0.15, -0.1) is 0 Å². The highest BCUT2D eigenvalue weighted by Gasteiger charge is 2.35. The Bertz CT molecular complexity index is 370. The number of methoxy groups -OCH3 is 1. The second-order valence-corrected chi connectivity index (χ2v) is 5.80. The summed E-state index contributed by atoms with van der Waals surface area (Å²) in [4.78, 5) is 23.9. The maximum absolute atomic E-state index is 12.5. The van der Waals surface area contributed by atoms with Gasteiger partial charge in [-0.05, 0) is 44.9 Å². The number of hydrogen-bond acceptors (Lipinski definition) is 4. The summed E-state index contributed by atoms with van der Waals surface area (Å²) >= 11 is 0. The van der Waals surface area contributed by atoms with Crippen LogP contribution in [0.3, 0.4) is 0 Å². The Labute approximate surface area is 114 Å². The first-order valence-corrected chi connectivity index (χ1v) is 7.32. The van der Waals surface area contributed by atoms with Crippen LogP contribution in [0.1, 0.15) is 51.4 Å². The summed E-state index contributed by atoms with van der Waals surface area (Å²) in [6, 6.07) is 0. The number of Topliss-reactive ketones (excluding diaryl/α,β-unsaturated/α-hetero) is 1. The van der Waals surface area contributed by atoms with Gasteiger partial charge < -0.3 is 10.1 Å². The van der Waals surface area contributed by atoms with Crippen LogP contribution in [0, 0.1) is 23.2 Å².